The summed E-state index contributed by atoms with van der Waals surface area (Å²) in [6.07, 6.45) is 7.38. The van der Waals surface area contributed by atoms with E-state index >= 15 is 0 Å². The minimum Gasteiger partial charge on any atom is -0.481 e. The van der Waals surface area contributed by atoms with Crippen molar-refractivity contribution in [2.24, 2.45) is 0 Å². The number of carbonyl (C=O) groups excluding carboxylic acids is 1. The Balaban J connectivity index is 1.05. The lowest BCUT2D eigenvalue weighted by Gasteiger charge is -2.34. The molecule has 44 heavy (non-hydrogen) atoms. The zero-order valence-corrected chi connectivity index (χ0v) is 25.1. The summed E-state index contributed by atoms with van der Waals surface area (Å²) in [5.74, 6) is -0.750. The number of benzene rings is 1. The number of carboxylic acids is 1. The van der Waals surface area contributed by atoms with Gasteiger partial charge in [-0.05, 0) is 62.1 Å². The normalized spacial score (nSPS) is 15.8. The number of anilines is 1. The number of hydrogen-bond donors (Lipinski definition) is 3. The number of amides is 2. The van der Waals surface area contributed by atoms with Gasteiger partial charge in [0, 0.05) is 75.4 Å². The quantitative estimate of drug-likeness (QED) is 0.167. The van der Waals surface area contributed by atoms with Crippen molar-refractivity contribution in [2.75, 3.05) is 38.0 Å². The summed E-state index contributed by atoms with van der Waals surface area (Å²) in [6, 6.07) is 12.0. The van der Waals surface area contributed by atoms with Gasteiger partial charge in [0.25, 0.3) is 0 Å². The number of aromatic nitrogens is 2. The molecule has 0 unspecified atom stereocenters. The molecule has 1 aliphatic heterocycles. The molecule has 0 radical (unpaired) electrons. The largest absolute Gasteiger partial charge is 0.481 e. The predicted octanol–water partition coefficient (Wildman–Crippen LogP) is 5.95. The lowest BCUT2D eigenvalue weighted by molar-refractivity contribution is -0.137. The third kappa shape index (κ3) is 7.87. The number of nitrogens with one attached hydrogen (secondary N) is 2. The van der Waals surface area contributed by atoms with Gasteiger partial charge in [0.05, 0.1) is 20.8 Å². The van der Waals surface area contributed by atoms with Gasteiger partial charge in [-0.2, -0.15) is 0 Å². The molecule has 2 fully saturated rings. The molecule has 2 aliphatic rings. The second-order valence-electron chi connectivity index (χ2n) is 11.3. The zero-order valence-electron chi connectivity index (χ0n) is 24.3. The highest BCUT2D eigenvalue weighted by Crippen LogP contribution is 2.39. The number of aliphatic carboxylic acids is 1. The molecule has 230 valence electrons. The molecule has 1 saturated heterocycles. The summed E-state index contributed by atoms with van der Waals surface area (Å²) in [5.41, 5.74) is 3.07. The first-order valence-electron chi connectivity index (χ1n) is 14.9. The summed E-state index contributed by atoms with van der Waals surface area (Å²) in [4.78, 5) is 37.6. The average Bonchev–Trinajstić information content (AvgIpc) is 3.71. The van der Waals surface area contributed by atoms with Crippen LogP contribution in [0, 0.1) is 5.82 Å². The first-order chi connectivity index (χ1) is 21.4. The van der Waals surface area contributed by atoms with E-state index in [1.54, 1.807) is 18.3 Å². The molecule has 6 rings (SSSR count). The van der Waals surface area contributed by atoms with Crippen molar-refractivity contribution in [1.29, 1.82) is 0 Å². The molecule has 1 saturated carbocycles. The predicted molar refractivity (Wildman–Crippen MR) is 168 cm³/mol. The van der Waals surface area contributed by atoms with Gasteiger partial charge in [0.2, 0.25) is 0 Å². The number of carbonyl (C=O) groups is 2. The first kappa shape index (κ1) is 29.9. The summed E-state index contributed by atoms with van der Waals surface area (Å²) < 4.78 is 21.7. The van der Waals surface area contributed by atoms with Crippen LogP contribution in [0.5, 0.6) is 11.5 Å². The Morgan fingerprint density at radius 1 is 1.00 bits per heavy atom. The van der Waals surface area contributed by atoms with E-state index in [-0.39, 0.29) is 24.2 Å². The van der Waals surface area contributed by atoms with E-state index in [1.807, 2.05) is 18.3 Å². The summed E-state index contributed by atoms with van der Waals surface area (Å²) in [7, 11) is 0. The zero-order chi connectivity index (χ0) is 30.5. The molecule has 0 spiro atoms. The van der Waals surface area contributed by atoms with Gasteiger partial charge in [-0.1, -0.05) is 6.07 Å². The van der Waals surface area contributed by atoms with Crippen LogP contribution in [0.4, 0.5) is 14.9 Å². The number of halogens is 1. The minimum absolute atomic E-state index is 0.0575. The molecular weight excluding hydrogens is 583 g/mol. The summed E-state index contributed by atoms with van der Waals surface area (Å²) in [6.45, 7) is 5.70. The number of ether oxygens (including phenoxy) is 1. The van der Waals surface area contributed by atoms with Gasteiger partial charge in [-0.15, -0.1) is 11.3 Å². The van der Waals surface area contributed by atoms with E-state index in [9.17, 15) is 14.0 Å². The molecular formula is C32H35FN6O4S. The number of pyridine rings is 2. The molecule has 3 N–H and O–H groups in total. The fourth-order valence-corrected chi connectivity index (χ4v) is 6.23. The number of thiophene rings is 1. The van der Waals surface area contributed by atoms with Crippen molar-refractivity contribution in [1.82, 2.24) is 25.1 Å². The van der Waals surface area contributed by atoms with Crippen molar-refractivity contribution >= 4 is 39.2 Å². The van der Waals surface area contributed by atoms with Gasteiger partial charge in [-0.25, -0.2) is 9.18 Å². The number of piperazine rings is 1. The molecule has 4 heterocycles. The van der Waals surface area contributed by atoms with Crippen LogP contribution in [-0.2, 0) is 11.3 Å². The maximum Gasteiger partial charge on any atom is 0.319 e. The van der Waals surface area contributed by atoms with Crippen molar-refractivity contribution < 1.29 is 23.8 Å². The van der Waals surface area contributed by atoms with E-state index in [4.69, 9.17) is 14.8 Å². The fourth-order valence-electron chi connectivity index (χ4n) is 5.19. The first-order valence-corrected chi connectivity index (χ1v) is 15.8. The molecule has 1 aromatic carbocycles. The number of unbranched alkanes of at least 4 members (excludes halogenated alkanes) is 1. The van der Waals surface area contributed by atoms with E-state index < -0.39 is 11.8 Å². The van der Waals surface area contributed by atoms with Gasteiger partial charge in [0.1, 0.15) is 5.75 Å². The Hall–Kier alpha value is -4.13. The Morgan fingerprint density at radius 3 is 2.55 bits per heavy atom. The lowest BCUT2D eigenvalue weighted by Crippen LogP contribution is -2.46. The Morgan fingerprint density at radius 2 is 1.82 bits per heavy atom. The minimum atomic E-state index is -0.725. The summed E-state index contributed by atoms with van der Waals surface area (Å²) >= 11 is 1.49. The van der Waals surface area contributed by atoms with Crippen LogP contribution in [0.15, 0.2) is 54.9 Å². The fraction of sp³-hybridized carbons (Fsp3) is 0.375. The maximum absolute atomic E-state index is 14.9. The van der Waals surface area contributed by atoms with Crippen LogP contribution >= 0.6 is 11.3 Å². The van der Waals surface area contributed by atoms with Crippen LogP contribution in [0.1, 0.15) is 37.7 Å². The van der Waals surface area contributed by atoms with Gasteiger partial charge >= 0.3 is 12.0 Å². The standard InChI is InChI=1S/C32H35FN6O4S/c33-24-17-23(37-32(42)36-22-5-6-22)7-9-27(24)43-28-10-11-34-26-18-29(44-31(26)28)25-8-4-21(19-35-25)20-39-15-13-38(14-16-39)12-2-1-3-30(40)41/h4,7-11,17-19,22H,1-3,5-6,12-16,20H2,(H,40,41)(H2,36,37,42). The molecule has 0 bridgehead atoms. The number of hydrogen-bond acceptors (Lipinski definition) is 8. The topological polar surface area (TPSA) is 120 Å². The molecule has 10 nitrogen and oxygen atoms in total. The van der Waals surface area contributed by atoms with Crippen molar-refractivity contribution in [3.05, 3.63) is 66.2 Å². The molecule has 3 aromatic heterocycles. The molecule has 2 amide bonds. The third-order valence-electron chi connectivity index (χ3n) is 7.76. The van der Waals surface area contributed by atoms with E-state index in [0.29, 0.717) is 11.4 Å². The molecule has 4 aromatic rings. The van der Waals surface area contributed by atoms with Crippen LogP contribution in [0.3, 0.4) is 0 Å². The average molecular weight is 619 g/mol. The van der Waals surface area contributed by atoms with Crippen molar-refractivity contribution in [3.8, 4) is 22.1 Å². The van der Waals surface area contributed by atoms with Gasteiger partial charge in [-0.3, -0.25) is 19.7 Å². The number of fused-ring (bicyclic) bond motifs is 1. The number of carboxylic acid groups (broad SMARTS) is 1. The van der Waals surface area contributed by atoms with Crippen LogP contribution in [-0.4, -0.2) is 75.6 Å². The van der Waals surface area contributed by atoms with E-state index in [0.717, 1.165) is 91.3 Å². The number of urea groups is 1. The number of rotatable bonds is 12. The SMILES string of the molecule is O=C(O)CCCCN1CCN(Cc2ccc(-c3cc4nccc(Oc5ccc(NC(=O)NC6CC6)cc5F)c4s3)nc2)CC1. The number of nitrogens with zero attached hydrogens (tertiary/aromatic N) is 4. The lowest BCUT2D eigenvalue weighted by atomic mass is 10.2. The van der Waals surface area contributed by atoms with E-state index in [1.165, 1.54) is 23.5 Å². The van der Waals surface area contributed by atoms with E-state index in [2.05, 4.69) is 31.5 Å². The van der Waals surface area contributed by atoms with Crippen LogP contribution in [0.2, 0.25) is 0 Å². The maximum atomic E-state index is 14.9. The second-order valence-corrected chi connectivity index (χ2v) is 12.3. The smallest absolute Gasteiger partial charge is 0.319 e. The summed E-state index contributed by atoms with van der Waals surface area (Å²) in [5, 5.41) is 14.3. The monoisotopic (exact) mass is 618 g/mol. The highest BCUT2D eigenvalue weighted by Gasteiger charge is 2.23. The second kappa shape index (κ2) is 13.7. The van der Waals surface area contributed by atoms with Gasteiger partial charge in [0.15, 0.2) is 11.6 Å². The van der Waals surface area contributed by atoms with Gasteiger partial charge < -0.3 is 25.4 Å². The van der Waals surface area contributed by atoms with Crippen molar-refractivity contribution in [3.63, 3.8) is 0 Å². The Labute approximate surface area is 258 Å². The molecule has 1 aliphatic carbocycles. The van der Waals surface area contributed by atoms with Crippen LogP contribution in [0.25, 0.3) is 20.8 Å². The van der Waals surface area contributed by atoms with Crippen molar-refractivity contribution in [2.45, 2.75) is 44.7 Å². The highest BCUT2D eigenvalue weighted by molar-refractivity contribution is 7.22. The third-order valence-corrected chi connectivity index (χ3v) is 8.92. The Bertz CT molecular complexity index is 1620. The molecule has 0 atom stereocenters. The molecule has 12 heteroatoms. The Kier molecular flexibility index (Phi) is 9.29. The highest BCUT2D eigenvalue weighted by atomic mass is 32.1. The van der Waals surface area contributed by atoms with Crippen LogP contribution < -0.4 is 15.4 Å².